The molecule has 0 saturated carbocycles. The molecule has 0 atom stereocenters. The molecule has 0 amide bonds. The lowest BCUT2D eigenvalue weighted by molar-refractivity contribution is 0.139. The van der Waals surface area contributed by atoms with Gasteiger partial charge in [0, 0.05) is 7.05 Å². The van der Waals surface area contributed by atoms with Gasteiger partial charge in [-0.3, -0.25) is 5.01 Å². The fourth-order valence-electron chi connectivity index (χ4n) is 1.21. The van der Waals surface area contributed by atoms with Gasteiger partial charge in [0.15, 0.2) is 0 Å². The molecule has 1 aromatic rings. The first-order chi connectivity index (χ1) is 6.29. The van der Waals surface area contributed by atoms with E-state index in [9.17, 15) is 0 Å². The van der Waals surface area contributed by atoms with Crippen molar-refractivity contribution in [3.8, 4) is 0 Å². The van der Waals surface area contributed by atoms with E-state index in [4.69, 9.17) is 4.84 Å². The summed E-state index contributed by atoms with van der Waals surface area (Å²) in [6, 6.07) is 9.96. The molecule has 0 spiro atoms. The Hall–Kier alpha value is -1.64. The maximum Gasteiger partial charge on any atom is 0.142 e. The van der Waals surface area contributed by atoms with Gasteiger partial charge in [-0.25, -0.2) is 0 Å². The van der Waals surface area contributed by atoms with Crippen molar-refractivity contribution in [2.45, 2.75) is 6.92 Å². The zero-order valence-corrected chi connectivity index (χ0v) is 7.77. The Morgan fingerprint density at radius 2 is 1.85 bits per heavy atom. The largest absolute Gasteiger partial charge is 0.365 e. The minimum atomic E-state index is 1.03. The third kappa shape index (κ3) is 1.33. The second-order valence-electron chi connectivity index (χ2n) is 3.00. The summed E-state index contributed by atoms with van der Waals surface area (Å²) in [6.07, 6.45) is 1.73. The third-order valence-electron chi connectivity index (χ3n) is 2.08. The lowest BCUT2D eigenvalue weighted by Gasteiger charge is -2.25. The monoisotopic (exact) mass is 176 g/mol. The van der Waals surface area contributed by atoms with Gasteiger partial charge < -0.3 is 4.84 Å². The Balaban J connectivity index is 2.22. The van der Waals surface area contributed by atoms with Crippen LogP contribution in [0.25, 0.3) is 0 Å². The van der Waals surface area contributed by atoms with Gasteiger partial charge in [0.1, 0.15) is 6.26 Å². The van der Waals surface area contributed by atoms with Gasteiger partial charge in [0.05, 0.1) is 11.4 Å². The molecule has 1 aliphatic rings. The van der Waals surface area contributed by atoms with Crippen LogP contribution in [0, 0.1) is 0 Å². The van der Waals surface area contributed by atoms with E-state index in [0.29, 0.717) is 0 Å². The SMILES string of the molecule is CC1=CON(c2ccccc2)N1C. The van der Waals surface area contributed by atoms with Gasteiger partial charge in [-0.05, 0) is 19.1 Å². The van der Waals surface area contributed by atoms with Crippen molar-refractivity contribution in [2.24, 2.45) is 0 Å². The molecule has 0 fully saturated rings. The Labute approximate surface area is 77.8 Å². The molecule has 0 radical (unpaired) electrons. The summed E-state index contributed by atoms with van der Waals surface area (Å²) in [6.45, 7) is 2.00. The quantitative estimate of drug-likeness (QED) is 0.652. The first-order valence-electron chi connectivity index (χ1n) is 4.21. The number of allylic oxidation sites excluding steroid dienone is 1. The molecule has 0 N–H and O–H groups in total. The van der Waals surface area contributed by atoms with E-state index in [1.54, 1.807) is 11.4 Å². The van der Waals surface area contributed by atoms with Crippen molar-refractivity contribution in [3.63, 3.8) is 0 Å². The van der Waals surface area contributed by atoms with Gasteiger partial charge in [0.2, 0.25) is 0 Å². The summed E-state index contributed by atoms with van der Waals surface area (Å²) in [5.74, 6) is 0. The fraction of sp³-hybridized carbons (Fsp3) is 0.200. The number of hydrogen-bond acceptors (Lipinski definition) is 3. The third-order valence-corrected chi connectivity index (χ3v) is 2.08. The molecular formula is C10H12N2O. The van der Waals surface area contributed by atoms with Crippen LogP contribution in [0.4, 0.5) is 5.69 Å². The van der Waals surface area contributed by atoms with Crippen molar-refractivity contribution in [1.82, 2.24) is 5.01 Å². The van der Waals surface area contributed by atoms with Crippen molar-refractivity contribution in [3.05, 3.63) is 42.3 Å². The van der Waals surface area contributed by atoms with Gasteiger partial charge in [-0.15, -0.1) is 5.17 Å². The molecule has 0 aliphatic carbocycles. The molecule has 2 rings (SSSR count). The highest BCUT2D eigenvalue weighted by Crippen LogP contribution is 2.23. The summed E-state index contributed by atoms with van der Waals surface area (Å²) in [5, 5.41) is 3.70. The minimum Gasteiger partial charge on any atom is -0.365 e. The molecule has 68 valence electrons. The van der Waals surface area contributed by atoms with Crippen LogP contribution in [-0.2, 0) is 4.84 Å². The van der Waals surface area contributed by atoms with E-state index in [1.165, 1.54) is 0 Å². The Morgan fingerprint density at radius 1 is 1.15 bits per heavy atom. The minimum absolute atomic E-state index is 1.03. The van der Waals surface area contributed by atoms with E-state index in [2.05, 4.69) is 0 Å². The summed E-state index contributed by atoms with van der Waals surface area (Å²) in [4.78, 5) is 5.36. The average molecular weight is 176 g/mol. The molecule has 0 saturated heterocycles. The van der Waals surface area contributed by atoms with Crippen LogP contribution in [0.2, 0.25) is 0 Å². The van der Waals surface area contributed by atoms with E-state index in [0.717, 1.165) is 11.4 Å². The standard InChI is InChI=1S/C10H12N2O/c1-9-8-13-12(11(9)2)10-6-4-3-5-7-10/h3-8H,1-2H3. The lowest BCUT2D eigenvalue weighted by atomic mass is 10.3. The second-order valence-corrected chi connectivity index (χ2v) is 3.00. The topological polar surface area (TPSA) is 15.7 Å². The molecule has 1 aromatic carbocycles. The number of rotatable bonds is 1. The molecule has 3 heteroatoms. The number of nitrogens with zero attached hydrogens (tertiary/aromatic N) is 2. The van der Waals surface area contributed by atoms with Crippen LogP contribution in [0.3, 0.4) is 0 Å². The molecule has 13 heavy (non-hydrogen) atoms. The highest BCUT2D eigenvalue weighted by Gasteiger charge is 2.18. The van der Waals surface area contributed by atoms with Gasteiger partial charge in [0.25, 0.3) is 0 Å². The molecule has 1 aliphatic heterocycles. The highest BCUT2D eigenvalue weighted by molar-refractivity contribution is 5.43. The molecule has 0 unspecified atom stereocenters. The van der Waals surface area contributed by atoms with Gasteiger partial charge >= 0.3 is 0 Å². The van der Waals surface area contributed by atoms with Crippen molar-refractivity contribution in [2.75, 3.05) is 12.2 Å². The van der Waals surface area contributed by atoms with E-state index in [1.807, 2.05) is 49.3 Å². The smallest absolute Gasteiger partial charge is 0.142 e. The van der Waals surface area contributed by atoms with Crippen molar-refractivity contribution < 1.29 is 4.84 Å². The molecule has 0 aromatic heterocycles. The van der Waals surface area contributed by atoms with Crippen molar-refractivity contribution in [1.29, 1.82) is 0 Å². The average Bonchev–Trinajstić information content (AvgIpc) is 2.49. The number of hydrazine groups is 1. The predicted molar refractivity (Wildman–Crippen MR) is 51.5 cm³/mol. The summed E-state index contributed by atoms with van der Waals surface area (Å²) in [7, 11) is 1.96. The Kier molecular flexibility index (Phi) is 1.85. The van der Waals surface area contributed by atoms with Crippen LogP contribution < -0.4 is 5.17 Å². The number of anilines is 1. The number of para-hydroxylation sites is 1. The molecule has 3 nitrogen and oxygen atoms in total. The number of benzene rings is 1. The maximum absolute atomic E-state index is 5.36. The summed E-state index contributed by atoms with van der Waals surface area (Å²) in [5.41, 5.74) is 2.11. The Bertz CT molecular complexity index is 321. The first kappa shape index (κ1) is 7.98. The Morgan fingerprint density at radius 3 is 2.38 bits per heavy atom. The van der Waals surface area contributed by atoms with Gasteiger partial charge in [-0.1, -0.05) is 18.2 Å². The van der Waals surface area contributed by atoms with E-state index in [-0.39, 0.29) is 0 Å². The van der Waals surface area contributed by atoms with Crippen LogP contribution in [-0.4, -0.2) is 12.1 Å². The lowest BCUT2D eigenvalue weighted by Crippen LogP contribution is -2.32. The summed E-state index contributed by atoms with van der Waals surface area (Å²) >= 11 is 0. The van der Waals surface area contributed by atoms with Crippen LogP contribution >= 0.6 is 0 Å². The normalized spacial score (nSPS) is 15.7. The fourth-order valence-corrected chi connectivity index (χ4v) is 1.21. The van der Waals surface area contributed by atoms with Crippen LogP contribution in [0.5, 0.6) is 0 Å². The number of hydrogen-bond donors (Lipinski definition) is 0. The van der Waals surface area contributed by atoms with Crippen LogP contribution in [0.15, 0.2) is 42.3 Å². The zero-order chi connectivity index (χ0) is 9.26. The van der Waals surface area contributed by atoms with Gasteiger partial charge in [-0.2, -0.15) is 0 Å². The van der Waals surface area contributed by atoms with E-state index < -0.39 is 0 Å². The first-order valence-corrected chi connectivity index (χ1v) is 4.21. The zero-order valence-electron chi connectivity index (χ0n) is 7.77. The molecule has 0 bridgehead atoms. The van der Waals surface area contributed by atoms with Crippen LogP contribution in [0.1, 0.15) is 6.92 Å². The second kappa shape index (κ2) is 3.01. The molecular weight excluding hydrogens is 164 g/mol. The maximum atomic E-state index is 5.36. The predicted octanol–water partition coefficient (Wildman–Crippen LogP) is 2.15. The van der Waals surface area contributed by atoms with Crippen molar-refractivity contribution >= 4 is 5.69 Å². The summed E-state index contributed by atoms with van der Waals surface area (Å²) < 4.78 is 0. The van der Waals surface area contributed by atoms with E-state index >= 15 is 0 Å². The highest BCUT2D eigenvalue weighted by atomic mass is 16.7. The molecule has 1 heterocycles.